The molecule has 3 heterocycles. The number of ether oxygens (including phenoxy) is 1. The standard InChI is InChI=1S/C22H19N3O5S/c1-22-12-11-17(30-22)18-19(22)21(27)25(20(18)26)15-7-9-16(10-8-15)31(28,29)24-23-13-14-5-3-2-4-6-14/h2-13,17-19,24H,1H3/b23-13+. The summed E-state index contributed by atoms with van der Waals surface area (Å²) in [5.74, 6) is -1.76. The van der Waals surface area contributed by atoms with E-state index in [2.05, 4.69) is 9.93 Å². The summed E-state index contributed by atoms with van der Waals surface area (Å²) in [7, 11) is -3.90. The first-order valence-corrected chi connectivity index (χ1v) is 11.2. The van der Waals surface area contributed by atoms with Crippen molar-refractivity contribution in [2.45, 2.75) is 23.5 Å². The largest absolute Gasteiger partial charge is 0.362 e. The van der Waals surface area contributed by atoms with E-state index >= 15 is 0 Å². The molecule has 2 bridgehead atoms. The monoisotopic (exact) mass is 437 g/mol. The van der Waals surface area contributed by atoms with Crippen molar-refractivity contribution in [1.82, 2.24) is 4.83 Å². The third-order valence-electron chi connectivity index (χ3n) is 5.92. The van der Waals surface area contributed by atoms with Crippen LogP contribution in [0.5, 0.6) is 0 Å². The number of carbonyl (C=O) groups is 2. The maximum Gasteiger partial charge on any atom is 0.276 e. The molecule has 0 radical (unpaired) electrons. The van der Waals surface area contributed by atoms with E-state index in [1.165, 1.54) is 30.5 Å². The number of sulfonamides is 1. The Balaban J connectivity index is 1.34. The number of nitrogens with one attached hydrogen (secondary N) is 1. The third-order valence-corrected chi connectivity index (χ3v) is 7.16. The van der Waals surface area contributed by atoms with Gasteiger partial charge in [0.1, 0.15) is 0 Å². The summed E-state index contributed by atoms with van der Waals surface area (Å²) in [4.78, 5) is 29.2. The summed E-state index contributed by atoms with van der Waals surface area (Å²) in [5.41, 5.74) is 0.304. The molecule has 2 aromatic carbocycles. The number of hydrogen-bond donors (Lipinski definition) is 1. The van der Waals surface area contributed by atoms with Gasteiger partial charge in [-0.15, -0.1) is 0 Å². The van der Waals surface area contributed by atoms with Gasteiger partial charge in [0.25, 0.3) is 10.0 Å². The average Bonchev–Trinajstić information content (AvgIpc) is 3.37. The highest BCUT2D eigenvalue weighted by Gasteiger charge is 2.66. The van der Waals surface area contributed by atoms with Gasteiger partial charge in [-0.05, 0) is 36.8 Å². The van der Waals surface area contributed by atoms with Crippen molar-refractivity contribution in [2.75, 3.05) is 4.90 Å². The van der Waals surface area contributed by atoms with E-state index in [9.17, 15) is 18.0 Å². The van der Waals surface area contributed by atoms with Gasteiger partial charge < -0.3 is 4.74 Å². The number of amides is 2. The Hall–Kier alpha value is -3.30. The van der Waals surface area contributed by atoms with Gasteiger partial charge in [-0.1, -0.05) is 42.5 Å². The van der Waals surface area contributed by atoms with Crippen LogP contribution in [0.1, 0.15) is 12.5 Å². The molecule has 5 rings (SSSR count). The second-order valence-electron chi connectivity index (χ2n) is 7.90. The first kappa shape index (κ1) is 19.7. The lowest BCUT2D eigenvalue weighted by Gasteiger charge is -2.24. The fraction of sp³-hybridized carbons (Fsp3) is 0.227. The molecule has 3 aliphatic rings. The number of imide groups is 1. The van der Waals surface area contributed by atoms with Gasteiger partial charge in [0.05, 0.1) is 40.3 Å². The van der Waals surface area contributed by atoms with Gasteiger partial charge in [0.2, 0.25) is 11.8 Å². The van der Waals surface area contributed by atoms with Gasteiger partial charge >= 0.3 is 0 Å². The zero-order valence-corrected chi connectivity index (χ0v) is 17.3. The second kappa shape index (κ2) is 6.86. The smallest absolute Gasteiger partial charge is 0.276 e. The van der Waals surface area contributed by atoms with Gasteiger partial charge in [-0.2, -0.15) is 13.5 Å². The van der Waals surface area contributed by atoms with Gasteiger partial charge in [-0.25, -0.2) is 9.73 Å². The van der Waals surface area contributed by atoms with Crippen molar-refractivity contribution in [2.24, 2.45) is 16.9 Å². The third kappa shape index (κ3) is 3.08. The lowest BCUT2D eigenvalue weighted by molar-refractivity contribution is -0.126. The fourth-order valence-electron chi connectivity index (χ4n) is 4.44. The van der Waals surface area contributed by atoms with E-state index in [1.807, 2.05) is 30.4 Å². The van der Waals surface area contributed by atoms with Crippen LogP contribution in [0, 0.1) is 11.8 Å². The predicted molar refractivity (Wildman–Crippen MR) is 113 cm³/mol. The Morgan fingerprint density at radius 1 is 1.06 bits per heavy atom. The highest BCUT2D eigenvalue weighted by atomic mass is 32.2. The molecule has 2 saturated heterocycles. The van der Waals surface area contributed by atoms with Gasteiger partial charge in [0, 0.05) is 0 Å². The lowest BCUT2D eigenvalue weighted by Crippen LogP contribution is -2.38. The molecular formula is C22H19N3O5S. The Labute approximate surface area is 179 Å². The molecule has 3 aliphatic heterocycles. The van der Waals surface area contributed by atoms with E-state index in [4.69, 9.17) is 4.74 Å². The number of anilines is 1. The van der Waals surface area contributed by atoms with Crippen LogP contribution in [0.4, 0.5) is 5.69 Å². The minimum Gasteiger partial charge on any atom is -0.362 e. The molecule has 4 atom stereocenters. The summed E-state index contributed by atoms with van der Waals surface area (Å²) < 4.78 is 30.8. The van der Waals surface area contributed by atoms with E-state index in [0.29, 0.717) is 5.69 Å². The minimum atomic E-state index is -3.90. The summed E-state index contributed by atoms with van der Waals surface area (Å²) in [6, 6.07) is 14.6. The molecule has 0 saturated carbocycles. The molecule has 0 spiro atoms. The van der Waals surface area contributed by atoms with Gasteiger partial charge in [-0.3, -0.25) is 9.59 Å². The Bertz CT molecular complexity index is 1220. The number of carbonyl (C=O) groups excluding carboxylic acids is 2. The molecule has 2 aromatic rings. The zero-order valence-electron chi connectivity index (χ0n) is 16.5. The molecule has 4 unspecified atom stereocenters. The number of fused-ring (bicyclic) bond motifs is 5. The fourth-order valence-corrected chi connectivity index (χ4v) is 5.23. The molecule has 158 valence electrons. The van der Waals surface area contributed by atoms with Crippen molar-refractivity contribution >= 4 is 33.7 Å². The van der Waals surface area contributed by atoms with Gasteiger partial charge in [0.15, 0.2) is 0 Å². The summed E-state index contributed by atoms with van der Waals surface area (Å²) in [5, 5.41) is 3.78. The first-order valence-electron chi connectivity index (χ1n) is 9.75. The number of nitrogens with zero attached hydrogens (tertiary/aromatic N) is 2. The minimum absolute atomic E-state index is 0.0298. The van der Waals surface area contributed by atoms with E-state index in [0.717, 1.165) is 10.5 Å². The Morgan fingerprint density at radius 3 is 2.45 bits per heavy atom. The normalized spacial score (nSPS) is 29.2. The van der Waals surface area contributed by atoms with Crippen molar-refractivity contribution in [3.63, 3.8) is 0 Å². The average molecular weight is 437 g/mol. The van der Waals surface area contributed by atoms with E-state index < -0.39 is 33.6 Å². The molecule has 2 fully saturated rings. The Kier molecular flexibility index (Phi) is 4.35. The molecular weight excluding hydrogens is 418 g/mol. The van der Waals surface area contributed by atoms with Crippen LogP contribution in [-0.4, -0.2) is 38.2 Å². The molecule has 0 aromatic heterocycles. The summed E-state index contributed by atoms with van der Waals surface area (Å²) in [6.07, 6.45) is 4.66. The quantitative estimate of drug-likeness (QED) is 0.333. The van der Waals surface area contributed by atoms with Crippen LogP contribution in [0.2, 0.25) is 0 Å². The van der Waals surface area contributed by atoms with Crippen molar-refractivity contribution < 1.29 is 22.7 Å². The number of hydrogen-bond acceptors (Lipinski definition) is 6. The highest BCUT2D eigenvalue weighted by molar-refractivity contribution is 7.89. The maximum atomic E-state index is 13.0. The summed E-state index contributed by atoms with van der Waals surface area (Å²) in [6.45, 7) is 1.81. The van der Waals surface area contributed by atoms with Crippen LogP contribution in [0.3, 0.4) is 0 Å². The second-order valence-corrected chi connectivity index (χ2v) is 9.56. The zero-order chi connectivity index (χ0) is 21.8. The highest BCUT2D eigenvalue weighted by Crippen LogP contribution is 2.52. The van der Waals surface area contributed by atoms with Crippen LogP contribution >= 0.6 is 0 Å². The predicted octanol–water partition coefficient (Wildman–Crippen LogP) is 1.83. The molecule has 9 heteroatoms. The number of rotatable bonds is 5. The Morgan fingerprint density at radius 2 is 1.77 bits per heavy atom. The number of benzene rings is 2. The van der Waals surface area contributed by atoms with Crippen molar-refractivity contribution in [1.29, 1.82) is 0 Å². The first-order chi connectivity index (χ1) is 14.8. The molecule has 2 amide bonds. The van der Waals surface area contributed by atoms with E-state index in [-0.39, 0.29) is 16.7 Å². The lowest BCUT2D eigenvalue weighted by atomic mass is 9.78. The number of hydrazone groups is 1. The molecule has 1 N–H and O–H groups in total. The van der Waals surface area contributed by atoms with E-state index in [1.54, 1.807) is 19.1 Å². The van der Waals surface area contributed by atoms with Crippen molar-refractivity contribution in [3.8, 4) is 0 Å². The summed E-state index contributed by atoms with van der Waals surface area (Å²) >= 11 is 0. The molecule has 8 nitrogen and oxygen atoms in total. The van der Waals surface area contributed by atoms with Crippen LogP contribution in [-0.2, 0) is 24.3 Å². The maximum absolute atomic E-state index is 13.0. The molecule has 31 heavy (non-hydrogen) atoms. The topological polar surface area (TPSA) is 105 Å². The van der Waals surface area contributed by atoms with Crippen molar-refractivity contribution in [3.05, 3.63) is 72.3 Å². The van der Waals surface area contributed by atoms with Crippen LogP contribution in [0.15, 0.2) is 76.7 Å². The molecule has 0 aliphatic carbocycles. The van der Waals surface area contributed by atoms with Crippen LogP contribution in [0.25, 0.3) is 0 Å². The van der Waals surface area contributed by atoms with Crippen LogP contribution < -0.4 is 9.73 Å². The SMILES string of the molecule is CC12C=CC(O1)C1C(=O)N(c3ccc(S(=O)(=O)N/N=C/c4ccccc4)cc3)C(=O)C12.